The molecule has 0 saturated carbocycles. The first-order valence-electron chi connectivity index (χ1n) is 11.8. The number of rotatable bonds is 11. The molecule has 0 bridgehead atoms. The van der Waals surface area contributed by atoms with E-state index in [1.165, 1.54) is 30.2 Å². The Labute approximate surface area is 205 Å². The molecule has 0 aliphatic carbocycles. The van der Waals surface area contributed by atoms with Gasteiger partial charge < -0.3 is 24.4 Å². The zero-order valence-electron chi connectivity index (χ0n) is 20.8. The number of nitrogens with one attached hydrogen (secondary N) is 1. The van der Waals surface area contributed by atoms with Crippen LogP contribution in [0.4, 0.5) is 14.9 Å². The van der Waals surface area contributed by atoms with E-state index in [0.29, 0.717) is 35.1 Å². The molecule has 9 heteroatoms. The van der Waals surface area contributed by atoms with Crippen LogP contribution in [-0.4, -0.2) is 57.8 Å². The van der Waals surface area contributed by atoms with Crippen molar-refractivity contribution in [2.24, 2.45) is 5.92 Å². The molecular weight excluding hydrogens is 453 g/mol. The van der Waals surface area contributed by atoms with E-state index in [2.05, 4.69) is 12.2 Å². The highest BCUT2D eigenvalue weighted by Gasteiger charge is 2.36. The average molecular weight is 488 g/mol. The maximum Gasteiger partial charge on any atom is 0.324 e. The molecule has 35 heavy (non-hydrogen) atoms. The predicted molar refractivity (Wildman–Crippen MR) is 132 cm³/mol. The van der Waals surface area contributed by atoms with Crippen molar-refractivity contribution in [3.05, 3.63) is 47.8 Å². The number of amides is 3. The molecule has 0 radical (unpaired) electrons. The Balaban J connectivity index is 1.91. The number of carbonyl (C=O) groups is 2. The Bertz CT molecular complexity index is 1030. The van der Waals surface area contributed by atoms with Crippen molar-refractivity contribution in [2.45, 2.75) is 32.7 Å². The molecule has 1 N–H and O–H groups in total. The molecule has 0 unspecified atom stereocenters. The maximum absolute atomic E-state index is 13.9. The average Bonchev–Trinajstić information content (AvgIpc) is 2.87. The summed E-state index contributed by atoms with van der Waals surface area (Å²) in [7, 11) is 4.63. The quantitative estimate of drug-likeness (QED) is 0.480. The summed E-state index contributed by atoms with van der Waals surface area (Å²) in [6.45, 7) is 3.16. The van der Waals surface area contributed by atoms with Crippen LogP contribution in [-0.2, 0) is 11.3 Å². The fourth-order valence-corrected chi connectivity index (χ4v) is 4.15. The van der Waals surface area contributed by atoms with Crippen LogP contribution in [0.3, 0.4) is 0 Å². The van der Waals surface area contributed by atoms with E-state index in [1.54, 1.807) is 37.3 Å². The SMILES string of the molecule is CCCCCOc1cc(N2C[C@@H](C(=O)NC)CN(Cc3cc(F)ccc3OC)C2=O)ccc1OC. The molecule has 1 saturated heterocycles. The number of carbonyl (C=O) groups excluding carboxylic acids is 2. The first-order valence-corrected chi connectivity index (χ1v) is 11.8. The predicted octanol–water partition coefficient (Wildman–Crippen LogP) is 4.22. The molecule has 2 aromatic rings. The van der Waals surface area contributed by atoms with Gasteiger partial charge in [-0.1, -0.05) is 19.8 Å². The van der Waals surface area contributed by atoms with E-state index >= 15 is 0 Å². The van der Waals surface area contributed by atoms with Crippen LogP contribution in [0.1, 0.15) is 31.7 Å². The number of ether oxygens (including phenoxy) is 3. The van der Waals surface area contributed by atoms with Gasteiger partial charge in [-0.2, -0.15) is 0 Å². The van der Waals surface area contributed by atoms with Crippen LogP contribution in [0, 0.1) is 11.7 Å². The number of anilines is 1. The third-order valence-electron chi connectivity index (χ3n) is 6.03. The standard InChI is InChI=1S/C26H34FN3O5/c1-5-6-7-12-35-24-14-21(9-11-23(24)34-4)30-17-19(25(31)28-2)16-29(26(30)32)15-18-13-20(27)8-10-22(18)33-3/h8-11,13-14,19H,5-7,12,15-17H2,1-4H3,(H,28,31)/t19-/m0/s1. The fraction of sp³-hybridized carbons (Fsp3) is 0.462. The Morgan fingerprint density at radius 3 is 2.49 bits per heavy atom. The highest BCUT2D eigenvalue weighted by molar-refractivity contribution is 5.95. The molecule has 3 rings (SSSR count). The van der Waals surface area contributed by atoms with E-state index in [9.17, 15) is 14.0 Å². The molecule has 190 valence electrons. The molecule has 1 atom stereocenters. The first kappa shape index (κ1) is 26.1. The summed E-state index contributed by atoms with van der Waals surface area (Å²) in [5.41, 5.74) is 1.11. The van der Waals surface area contributed by atoms with Crippen molar-refractivity contribution in [1.82, 2.24) is 10.2 Å². The van der Waals surface area contributed by atoms with Crippen LogP contribution >= 0.6 is 0 Å². The number of hydrogen-bond acceptors (Lipinski definition) is 5. The zero-order valence-corrected chi connectivity index (χ0v) is 20.8. The van der Waals surface area contributed by atoms with Gasteiger partial charge in [-0.05, 0) is 36.8 Å². The Morgan fingerprint density at radius 1 is 1.06 bits per heavy atom. The van der Waals surface area contributed by atoms with Gasteiger partial charge in [0.25, 0.3) is 0 Å². The minimum absolute atomic E-state index is 0.0975. The number of methoxy groups -OCH3 is 2. The zero-order chi connectivity index (χ0) is 25.4. The van der Waals surface area contributed by atoms with Gasteiger partial charge in [-0.25, -0.2) is 9.18 Å². The van der Waals surface area contributed by atoms with E-state index < -0.39 is 11.7 Å². The number of halogens is 1. The van der Waals surface area contributed by atoms with Crippen molar-refractivity contribution < 1.29 is 28.2 Å². The second-order valence-electron chi connectivity index (χ2n) is 8.43. The van der Waals surface area contributed by atoms with Crippen molar-refractivity contribution >= 4 is 17.6 Å². The lowest BCUT2D eigenvalue weighted by Crippen LogP contribution is -2.56. The summed E-state index contributed by atoms with van der Waals surface area (Å²) in [5.74, 6) is 0.495. The maximum atomic E-state index is 13.9. The number of urea groups is 1. The Kier molecular flexibility index (Phi) is 9.17. The third-order valence-corrected chi connectivity index (χ3v) is 6.03. The van der Waals surface area contributed by atoms with E-state index in [4.69, 9.17) is 14.2 Å². The number of hydrogen-bond donors (Lipinski definition) is 1. The molecule has 1 fully saturated rings. The molecular formula is C26H34FN3O5. The second-order valence-corrected chi connectivity index (χ2v) is 8.43. The number of benzene rings is 2. The highest BCUT2D eigenvalue weighted by atomic mass is 19.1. The van der Waals surface area contributed by atoms with Gasteiger partial charge in [0.15, 0.2) is 11.5 Å². The fourth-order valence-electron chi connectivity index (χ4n) is 4.15. The summed E-state index contributed by atoms with van der Waals surface area (Å²) in [5, 5.41) is 2.67. The molecule has 1 heterocycles. The molecule has 8 nitrogen and oxygen atoms in total. The molecule has 3 amide bonds. The van der Waals surface area contributed by atoms with Crippen LogP contribution < -0.4 is 24.4 Å². The summed E-state index contributed by atoms with van der Waals surface area (Å²) in [6, 6.07) is 9.16. The summed E-state index contributed by atoms with van der Waals surface area (Å²) in [4.78, 5) is 29.2. The monoisotopic (exact) mass is 487 g/mol. The summed E-state index contributed by atoms with van der Waals surface area (Å²) < 4.78 is 30.7. The van der Waals surface area contributed by atoms with Gasteiger partial charge in [0.1, 0.15) is 11.6 Å². The van der Waals surface area contributed by atoms with Crippen molar-refractivity contribution in [3.8, 4) is 17.2 Å². The van der Waals surface area contributed by atoms with Crippen LogP contribution in [0.5, 0.6) is 17.2 Å². The first-order chi connectivity index (χ1) is 16.9. The van der Waals surface area contributed by atoms with Crippen molar-refractivity contribution in [3.63, 3.8) is 0 Å². The molecule has 0 aromatic heterocycles. The van der Waals surface area contributed by atoms with Crippen LogP contribution in [0.25, 0.3) is 0 Å². The molecule has 1 aliphatic rings. The van der Waals surface area contributed by atoms with Gasteiger partial charge in [0, 0.05) is 37.5 Å². The second kappa shape index (κ2) is 12.3. The van der Waals surface area contributed by atoms with Gasteiger partial charge >= 0.3 is 6.03 Å². The van der Waals surface area contributed by atoms with E-state index in [-0.39, 0.29) is 31.6 Å². The lowest BCUT2D eigenvalue weighted by molar-refractivity contribution is -0.124. The van der Waals surface area contributed by atoms with Crippen LogP contribution in [0.2, 0.25) is 0 Å². The van der Waals surface area contributed by atoms with E-state index in [0.717, 1.165) is 19.3 Å². The van der Waals surface area contributed by atoms with Crippen molar-refractivity contribution in [2.75, 3.05) is 45.9 Å². The highest BCUT2D eigenvalue weighted by Crippen LogP contribution is 2.34. The summed E-state index contributed by atoms with van der Waals surface area (Å²) >= 11 is 0. The Hall–Kier alpha value is -3.49. The number of unbranched alkanes of at least 4 members (excludes halogenated alkanes) is 2. The van der Waals surface area contributed by atoms with Crippen LogP contribution in [0.15, 0.2) is 36.4 Å². The molecule has 1 aliphatic heterocycles. The Morgan fingerprint density at radius 2 is 1.80 bits per heavy atom. The van der Waals surface area contributed by atoms with E-state index in [1.807, 2.05) is 0 Å². The van der Waals surface area contributed by atoms with Gasteiger partial charge in [-0.3, -0.25) is 9.69 Å². The van der Waals surface area contributed by atoms with Gasteiger partial charge in [0.05, 0.1) is 33.3 Å². The minimum Gasteiger partial charge on any atom is -0.496 e. The summed E-state index contributed by atoms with van der Waals surface area (Å²) in [6.07, 6.45) is 3.04. The molecule has 2 aromatic carbocycles. The third kappa shape index (κ3) is 6.35. The lowest BCUT2D eigenvalue weighted by atomic mass is 10.0. The lowest BCUT2D eigenvalue weighted by Gasteiger charge is -2.39. The topological polar surface area (TPSA) is 80.3 Å². The van der Waals surface area contributed by atoms with Gasteiger partial charge in [-0.15, -0.1) is 0 Å². The van der Waals surface area contributed by atoms with Gasteiger partial charge in [0.2, 0.25) is 5.91 Å². The molecule has 0 spiro atoms. The largest absolute Gasteiger partial charge is 0.496 e. The minimum atomic E-state index is -0.478. The normalized spacial score (nSPS) is 15.7. The van der Waals surface area contributed by atoms with Crippen molar-refractivity contribution in [1.29, 1.82) is 0 Å². The smallest absolute Gasteiger partial charge is 0.324 e. The number of nitrogens with zero attached hydrogens (tertiary/aromatic N) is 2.